The number of nitrogens with one attached hydrogen (secondary N) is 1. The van der Waals surface area contributed by atoms with Crippen LogP contribution < -0.4 is 11.3 Å². The monoisotopic (exact) mass is 224 g/mol. The molecule has 0 fully saturated rings. The van der Waals surface area contributed by atoms with Gasteiger partial charge in [0.05, 0.1) is 30.1 Å². The molecule has 1 atom stereocenters. The van der Waals surface area contributed by atoms with E-state index in [2.05, 4.69) is 15.6 Å². The summed E-state index contributed by atoms with van der Waals surface area (Å²) in [4.78, 5) is 0. The number of hydrogen-bond donors (Lipinski definition) is 2. The van der Waals surface area contributed by atoms with Gasteiger partial charge in [0.2, 0.25) is 0 Å². The van der Waals surface area contributed by atoms with Gasteiger partial charge >= 0.3 is 0 Å². The third-order valence-corrected chi connectivity index (χ3v) is 2.31. The Morgan fingerprint density at radius 2 is 2.06 bits per heavy atom. The Hall–Kier alpha value is -1.04. The number of hydrazine groups is 1. The molecule has 0 amide bonds. The minimum atomic E-state index is -0.0448. The van der Waals surface area contributed by atoms with Crippen LogP contribution in [0.25, 0.3) is 0 Å². The van der Waals surface area contributed by atoms with Crippen molar-refractivity contribution in [3.8, 4) is 0 Å². The molecular weight excluding hydrogens is 204 g/mol. The second-order valence-corrected chi connectivity index (χ2v) is 4.13. The fraction of sp³-hybridized carbons (Fsp3) is 0.636. The number of aromatic nitrogens is 2. The van der Waals surface area contributed by atoms with E-state index in [1.165, 1.54) is 0 Å². The molecule has 90 valence electrons. The van der Waals surface area contributed by atoms with Crippen molar-refractivity contribution >= 4 is 0 Å². The van der Waals surface area contributed by atoms with Crippen LogP contribution >= 0.6 is 0 Å². The summed E-state index contributed by atoms with van der Waals surface area (Å²) in [5.41, 5.74) is 5.54. The van der Waals surface area contributed by atoms with Crippen molar-refractivity contribution in [1.29, 1.82) is 0 Å². The normalized spacial score (nSPS) is 13.1. The zero-order chi connectivity index (χ0) is 12.1. The number of aryl methyl sites for hydroxylation is 2. The first-order valence-corrected chi connectivity index (χ1v) is 5.43. The lowest BCUT2D eigenvalue weighted by Gasteiger charge is -2.19. The summed E-state index contributed by atoms with van der Waals surface area (Å²) in [7, 11) is 0. The Morgan fingerprint density at radius 1 is 1.38 bits per heavy atom. The van der Waals surface area contributed by atoms with Crippen LogP contribution in [0.5, 0.6) is 0 Å². The second-order valence-electron chi connectivity index (χ2n) is 4.13. The number of ether oxygens (including phenoxy) is 1. The first-order valence-electron chi connectivity index (χ1n) is 5.43. The lowest BCUT2D eigenvalue weighted by Crippen LogP contribution is -2.33. The van der Waals surface area contributed by atoms with Gasteiger partial charge in [0.15, 0.2) is 0 Å². The molecule has 0 saturated carbocycles. The minimum Gasteiger partial charge on any atom is -0.377 e. The summed E-state index contributed by atoms with van der Waals surface area (Å²) in [6.07, 6.45) is 0.187. The molecule has 1 aromatic heterocycles. The van der Waals surface area contributed by atoms with Crippen LogP contribution in [0.2, 0.25) is 0 Å². The Kier molecular flexibility index (Phi) is 4.79. The summed E-state index contributed by atoms with van der Waals surface area (Å²) in [6.45, 7) is 8.35. The molecule has 5 heteroatoms. The lowest BCUT2D eigenvalue weighted by atomic mass is 10.1. The van der Waals surface area contributed by atoms with Crippen LogP contribution in [0, 0.1) is 13.8 Å². The fourth-order valence-electron chi connectivity index (χ4n) is 1.44. The SMILES string of the molecule is Cc1cc(C(COC(C)C)NN)c(C)nn1. The smallest absolute Gasteiger partial charge is 0.0712 e. The molecule has 0 spiro atoms. The van der Waals surface area contributed by atoms with Crippen molar-refractivity contribution in [1.82, 2.24) is 15.6 Å². The summed E-state index contributed by atoms with van der Waals surface area (Å²) < 4.78 is 5.55. The van der Waals surface area contributed by atoms with E-state index in [0.29, 0.717) is 6.61 Å². The molecule has 1 heterocycles. The highest BCUT2D eigenvalue weighted by molar-refractivity contribution is 5.23. The van der Waals surface area contributed by atoms with Crippen molar-refractivity contribution in [2.45, 2.75) is 39.8 Å². The predicted molar refractivity (Wildman–Crippen MR) is 62.7 cm³/mol. The molecular formula is C11H20N4O. The Labute approximate surface area is 96.4 Å². The van der Waals surface area contributed by atoms with Gasteiger partial charge in [-0.15, -0.1) is 0 Å². The van der Waals surface area contributed by atoms with E-state index >= 15 is 0 Å². The van der Waals surface area contributed by atoms with Crippen LogP contribution in [0.15, 0.2) is 6.07 Å². The largest absolute Gasteiger partial charge is 0.377 e. The van der Waals surface area contributed by atoms with Crippen molar-refractivity contribution < 1.29 is 4.74 Å². The molecule has 0 bridgehead atoms. The molecule has 1 rings (SSSR count). The molecule has 0 aliphatic heterocycles. The maximum Gasteiger partial charge on any atom is 0.0712 e. The summed E-state index contributed by atoms with van der Waals surface area (Å²) in [5.74, 6) is 5.53. The first-order chi connectivity index (χ1) is 7.54. The zero-order valence-electron chi connectivity index (χ0n) is 10.3. The molecule has 0 aliphatic carbocycles. The average Bonchev–Trinajstić information content (AvgIpc) is 2.23. The lowest BCUT2D eigenvalue weighted by molar-refractivity contribution is 0.0609. The zero-order valence-corrected chi connectivity index (χ0v) is 10.3. The van der Waals surface area contributed by atoms with Crippen LogP contribution in [-0.2, 0) is 4.74 Å². The molecule has 3 N–H and O–H groups in total. The molecule has 0 radical (unpaired) electrons. The van der Waals surface area contributed by atoms with Gasteiger partial charge in [0.25, 0.3) is 0 Å². The van der Waals surface area contributed by atoms with Crippen molar-refractivity contribution in [3.05, 3.63) is 23.0 Å². The Bertz CT molecular complexity index is 341. The van der Waals surface area contributed by atoms with Crippen LogP contribution in [-0.4, -0.2) is 22.9 Å². The van der Waals surface area contributed by atoms with Gasteiger partial charge in [-0.05, 0) is 39.3 Å². The second kappa shape index (κ2) is 5.89. The maximum atomic E-state index is 5.55. The topological polar surface area (TPSA) is 73.1 Å². The van der Waals surface area contributed by atoms with Crippen LogP contribution in [0.1, 0.15) is 36.8 Å². The summed E-state index contributed by atoms with van der Waals surface area (Å²) >= 11 is 0. The van der Waals surface area contributed by atoms with Gasteiger partial charge in [-0.2, -0.15) is 10.2 Å². The third-order valence-electron chi connectivity index (χ3n) is 2.31. The quantitative estimate of drug-likeness (QED) is 0.577. The standard InChI is InChI=1S/C11H20N4O/c1-7(2)16-6-11(13-12)10-5-8(3)14-15-9(10)4/h5,7,11,13H,6,12H2,1-4H3. The van der Waals surface area contributed by atoms with Gasteiger partial charge in [-0.1, -0.05) is 0 Å². The Balaban J connectivity index is 2.81. The van der Waals surface area contributed by atoms with E-state index in [9.17, 15) is 0 Å². The van der Waals surface area contributed by atoms with Gasteiger partial charge in [-0.25, -0.2) is 0 Å². The van der Waals surface area contributed by atoms with E-state index in [0.717, 1.165) is 17.0 Å². The van der Waals surface area contributed by atoms with Crippen molar-refractivity contribution in [2.24, 2.45) is 5.84 Å². The van der Waals surface area contributed by atoms with Crippen molar-refractivity contribution in [2.75, 3.05) is 6.61 Å². The van der Waals surface area contributed by atoms with Crippen LogP contribution in [0.4, 0.5) is 0 Å². The number of nitrogens with two attached hydrogens (primary N) is 1. The van der Waals surface area contributed by atoms with Crippen molar-refractivity contribution in [3.63, 3.8) is 0 Å². The van der Waals surface area contributed by atoms with Gasteiger partial charge in [-0.3, -0.25) is 11.3 Å². The fourth-order valence-corrected chi connectivity index (χ4v) is 1.44. The Morgan fingerprint density at radius 3 is 2.62 bits per heavy atom. The number of rotatable bonds is 5. The summed E-state index contributed by atoms with van der Waals surface area (Å²) in [6, 6.07) is 1.94. The number of nitrogens with zero attached hydrogens (tertiary/aromatic N) is 2. The average molecular weight is 224 g/mol. The first kappa shape index (κ1) is 13.0. The predicted octanol–water partition coefficient (Wildman–Crippen LogP) is 1.02. The highest BCUT2D eigenvalue weighted by Crippen LogP contribution is 2.16. The number of hydrogen-bond acceptors (Lipinski definition) is 5. The van der Waals surface area contributed by atoms with Gasteiger partial charge < -0.3 is 4.74 Å². The summed E-state index contributed by atoms with van der Waals surface area (Å²) in [5, 5.41) is 8.07. The van der Waals surface area contributed by atoms with E-state index < -0.39 is 0 Å². The van der Waals surface area contributed by atoms with E-state index in [1.807, 2.05) is 33.8 Å². The minimum absolute atomic E-state index is 0.0448. The van der Waals surface area contributed by atoms with E-state index in [4.69, 9.17) is 10.6 Å². The van der Waals surface area contributed by atoms with Gasteiger partial charge in [0.1, 0.15) is 0 Å². The van der Waals surface area contributed by atoms with E-state index in [1.54, 1.807) is 0 Å². The van der Waals surface area contributed by atoms with Gasteiger partial charge in [0, 0.05) is 0 Å². The third kappa shape index (κ3) is 3.52. The van der Waals surface area contributed by atoms with E-state index in [-0.39, 0.29) is 12.1 Å². The highest BCUT2D eigenvalue weighted by Gasteiger charge is 2.14. The maximum absolute atomic E-state index is 5.55. The highest BCUT2D eigenvalue weighted by atomic mass is 16.5. The molecule has 0 saturated heterocycles. The molecule has 1 aromatic rings. The molecule has 0 aromatic carbocycles. The molecule has 1 unspecified atom stereocenters. The molecule has 5 nitrogen and oxygen atoms in total. The molecule has 0 aliphatic rings. The molecule has 16 heavy (non-hydrogen) atoms. The van der Waals surface area contributed by atoms with Crippen LogP contribution in [0.3, 0.4) is 0 Å².